The van der Waals surface area contributed by atoms with Crippen LogP contribution in [0, 0.1) is 5.92 Å². The minimum absolute atomic E-state index is 0.258. The molecule has 8 nitrogen and oxygen atoms in total. The lowest BCUT2D eigenvalue weighted by molar-refractivity contribution is 0.381. The Bertz CT molecular complexity index is 759. The summed E-state index contributed by atoms with van der Waals surface area (Å²) in [6.07, 6.45) is 4.76. The van der Waals surface area contributed by atoms with E-state index < -0.39 is 8.38 Å². The van der Waals surface area contributed by atoms with Crippen molar-refractivity contribution in [2.45, 2.75) is 19.3 Å². The molecular weight excluding hydrogens is 331 g/mol. The van der Waals surface area contributed by atoms with Crippen molar-refractivity contribution < 1.29 is 14.5 Å². The zero-order valence-corrected chi connectivity index (χ0v) is 14.4. The molecule has 1 aliphatic rings. The molecule has 3 heterocycles. The van der Waals surface area contributed by atoms with E-state index in [2.05, 4.69) is 20.1 Å². The summed E-state index contributed by atoms with van der Waals surface area (Å²) in [5, 5.41) is 7.54. The molecule has 0 atom stereocenters. The molecule has 0 saturated carbocycles. The third-order valence-corrected chi connectivity index (χ3v) is 5.12. The first-order valence-corrected chi connectivity index (χ1v) is 9.34. The standard InChI is InChI=1S/C15H21N4O4P/c1-23-12-8-11-9-16-18-15(20)13(11)14(17-12)19-5-2-10(3-6-19)4-7-24(21)22/h8-10,21-22H,2-7H2,1H3,(H,18,20). The van der Waals surface area contributed by atoms with Crippen LogP contribution >= 0.6 is 8.38 Å². The molecular formula is C15H21N4O4P. The van der Waals surface area contributed by atoms with E-state index in [4.69, 9.17) is 14.5 Å². The van der Waals surface area contributed by atoms with E-state index in [-0.39, 0.29) is 5.56 Å². The Balaban J connectivity index is 1.84. The van der Waals surface area contributed by atoms with Gasteiger partial charge in [0, 0.05) is 30.7 Å². The topological polar surface area (TPSA) is 112 Å². The van der Waals surface area contributed by atoms with Crippen LogP contribution in [0.25, 0.3) is 10.8 Å². The highest BCUT2D eigenvalue weighted by Crippen LogP contribution is 2.32. The van der Waals surface area contributed by atoms with Gasteiger partial charge in [-0.3, -0.25) is 4.79 Å². The van der Waals surface area contributed by atoms with Gasteiger partial charge in [0.25, 0.3) is 5.56 Å². The minimum Gasteiger partial charge on any atom is -0.481 e. The Morgan fingerprint density at radius 1 is 1.42 bits per heavy atom. The monoisotopic (exact) mass is 352 g/mol. The predicted octanol–water partition coefficient (Wildman–Crippen LogP) is 1.23. The van der Waals surface area contributed by atoms with Gasteiger partial charge < -0.3 is 19.4 Å². The third kappa shape index (κ3) is 3.66. The summed E-state index contributed by atoms with van der Waals surface area (Å²) < 4.78 is 5.25. The van der Waals surface area contributed by atoms with Crippen molar-refractivity contribution in [1.29, 1.82) is 0 Å². The molecule has 2 aromatic rings. The van der Waals surface area contributed by atoms with Gasteiger partial charge in [-0.1, -0.05) is 0 Å². The van der Waals surface area contributed by atoms with Crippen LogP contribution in [0.15, 0.2) is 17.1 Å². The molecule has 0 aromatic carbocycles. The Labute approximate surface area is 140 Å². The van der Waals surface area contributed by atoms with Gasteiger partial charge in [0.05, 0.1) is 18.7 Å². The first kappa shape index (κ1) is 17.1. The lowest BCUT2D eigenvalue weighted by Gasteiger charge is -2.33. The lowest BCUT2D eigenvalue weighted by atomic mass is 9.94. The number of hydrogen-bond acceptors (Lipinski definition) is 7. The zero-order valence-electron chi connectivity index (χ0n) is 13.5. The summed E-state index contributed by atoms with van der Waals surface area (Å²) >= 11 is 0. The van der Waals surface area contributed by atoms with Gasteiger partial charge in [0.15, 0.2) is 8.38 Å². The average molecular weight is 352 g/mol. The number of pyridine rings is 1. The summed E-state index contributed by atoms with van der Waals surface area (Å²) in [6.45, 7) is 1.55. The van der Waals surface area contributed by atoms with Crippen molar-refractivity contribution in [2.75, 3.05) is 31.3 Å². The number of nitrogens with zero attached hydrogens (tertiary/aromatic N) is 3. The van der Waals surface area contributed by atoms with Crippen LogP contribution < -0.4 is 15.2 Å². The Hall–Kier alpha value is -1.76. The fourth-order valence-corrected chi connectivity index (χ4v) is 3.74. The number of methoxy groups -OCH3 is 1. The summed E-state index contributed by atoms with van der Waals surface area (Å²) in [6, 6.07) is 1.71. The number of nitrogens with one attached hydrogen (secondary N) is 1. The number of anilines is 1. The van der Waals surface area contributed by atoms with Gasteiger partial charge in [-0.25, -0.2) is 5.10 Å². The number of aromatic amines is 1. The maximum absolute atomic E-state index is 12.2. The van der Waals surface area contributed by atoms with Crippen molar-refractivity contribution in [1.82, 2.24) is 15.2 Å². The normalized spacial score (nSPS) is 16.1. The second-order valence-corrected chi connectivity index (χ2v) is 7.16. The molecule has 0 radical (unpaired) electrons. The zero-order chi connectivity index (χ0) is 17.1. The number of piperidine rings is 1. The fourth-order valence-electron chi connectivity index (χ4n) is 3.14. The van der Waals surface area contributed by atoms with Crippen molar-refractivity contribution in [2.24, 2.45) is 5.92 Å². The molecule has 3 N–H and O–H groups in total. The van der Waals surface area contributed by atoms with Crippen LogP contribution in [-0.4, -0.2) is 51.3 Å². The van der Waals surface area contributed by atoms with E-state index in [1.165, 1.54) is 0 Å². The second kappa shape index (κ2) is 7.42. The van der Waals surface area contributed by atoms with Crippen LogP contribution in [0.5, 0.6) is 5.88 Å². The fraction of sp³-hybridized carbons (Fsp3) is 0.533. The van der Waals surface area contributed by atoms with Gasteiger partial charge in [-0.15, -0.1) is 0 Å². The Morgan fingerprint density at radius 2 is 2.17 bits per heavy atom. The first-order chi connectivity index (χ1) is 11.6. The van der Waals surface area contributed by atoms with E-state index in [0.29, 0.717) is 34.6 Å². The molecule has 2 aromatic heterocycles. The quantitative estimate of drug-likeness (QED) is 0.694. The molecule has 9 heteroatoms. The maximum atomic E-state index is 12.2. The highest BCUT2D eigenvalue weighted by atomic mass is 31.2. The number of rotatable bonds is 5. The van der Waals surface area contributed by atoms with Crippen molar-refractivity contribution in [3.05, 3.63) is 22.6 Å². The maximum Gasteiger partial charge on any atom is 0.275 e. The van der Waals surface area contributed by atoms with Gasteiger partial charge >= 0.3 is 0 Å². The van der Waals surface area contributed by atoms with E-state index >= 15 is 0 Å². The average Bonchev–Trinajstić information content (AvgIpc) is 2.59. The van der Waals surface area contributed by atoms with Crippen molar-refractivity contribution in [3.63, 3.8) is 0 Å². The van der Waals surface area contributed by atoms with E-state index in [1.54, 1.807) is 19.4 Å². The molecule has 1 fully saturated rings. The SMILES string of the molecule is COc1cc2cn[nH]c(=O)c2c(N2CCC(CCP(O)O)CC2)n1. The number of ether oxygens (including phenoxy) is 1. The van der Waals surface area contributed by atoms with Crippen LogP contribution in [0.4, 0.5) is 5.82 Å². The van der Waals surface area contributed by atoms with E-state index in [9.17, 15) is 4.79 Å². The minimum atomic E-state index is -1.81. The van der Waals surface area contributed by atoms with E-state index in [0.717, 1.165) is 32.4 Å². The van der Waals surface area contributed by atoms with Gasteiger partial charge in [-0.2, -0.15) is 10.1 Å². The van der Waals surface area contributed by atoms with Crippen molar-refractivity contribution >= 4 is 25.0 Å². The molecule has 3 rings (SSSR count). The summed E-state index contributed by atoms with van der Waals surface area (Å²) in [5.74, 6) is 1.55. The summed E-state index contributed by atoms with van der Waals surface area (Å²) in [4.78, 5) is 36.9. The molecule has 0 unspecified atom stereocenters. The summed E-state index contributed by atoms with van der Waals surface area (Å²) in [7, 11) is -0.261. The molecule has 130 valence electrons. The number of aromatic nitrogens is 3. The number of H-pyrrole nitrogens is 1. The van der Waals surface area contributed by atoms with E-state index in [1.807, 2.05) is 0 Å². The van der Waals surface area contributed by atoms with Crippen molar-refractivity contribution in [3.8, 4) is 5.88 Å². The largest absolute Gasteiger partial charge is 0.481 e. The summed E-state index contributed by atoms with van der Waals surface area (Å²) in [5.41, 5.74) is -0.258. The number of hydrogen-bond donors (Lipinski definition) is 3. The predicted molar refractivity (Wildman–Crippen MR) is 92.5 cm³/mol. The highest BCUT2D eigenvalue weighted by Gasteiger charge is 2.23. The highest BCUT2D eigenvalue weighted by molar-refractivity contribution is 7.45. The lowest BCUT2D eigenvalue weighted by Crippen LogP contribution is -2.35. The van der Waals surface area contributed by atoms with Gasteiger partial charge in [-0.05, 0) is 25.2 Å². The molecule has 0 aliphatic carbocycles. The smallest absolute Gasteiger partial charge is 0.275 e. The molecule has 0 spiro atoms. The Morgan fingerprint density at radius 3 is 2.83 bits per heavy atom. The first-order valence-electron chi connectivity index (χ1n) is 7.91. The van der Waals surface area contributed by atoms with Crippen LogP contribution in [0.2, 0.25) is 0 Å². The molecule has 24 heavy (non-hydrogen) atoms. The third-order valence-electron chi connectivity index (χ3n) is 4.46. The van der Waals surface area contributed by atoms with Crippen LogP contribution in [0.3, 0.4) is 0 Å². The molecule has 0 amide bonds. The van der Waals surface area contributed by atoms with Crippen LogP contribution in [-0.2, 0) is 0 Å². The molecule has 0 bridgehead atoms. The van der Waals surface area contributed by atoms with Gasteiger partial charge in [0.2, 0.25) is 5.88 Å². The molecule has 1 saturated heterocycles. The van der Waals surface area contributed by atoms with Crippen LogP contribution in [0.1, 0.15) is 19.3 Å². The van der Waals surface area contributed by atoms with Gasteiger partial charge in [0.1, 0.15) is 5.82 Å². The molecule has 1 aliphatic heterocycles. The Kier molecular flexibility index (Phi) is 5.28. The number of fused-ring (bicyclic) bond motifs is 1. The second-order valence-electron chi connectivity index (χ2n) is 5.97.